The van der Waals surface area contributed by atoms with Crippen LogP contribution in [0.15, 0.2) is 95.9 Å². The molecule has 8 heteroatoms. The quantitative estimate of drug-likeness (QED) is 0.250. The van der Waals surface area contributed by atoms with Gasteiger partial charge in [-0.25, -0.2) is 13.2 Å². The first-order chi connectivity index (χ1) is 18.5. The Morgan fingerprint density at radius 2 is 1.56 bits per heavy atom. The fourth-order valence-electron chi connectivity index (χ4n) is 4.68. The molecule has 1 atom stereocenters. The molecule has 0 aliphatic carbocycles. The van der Waals surface area contributed by atoms with Crippen molar-refractivity contribution in [1.82, 2.24) is 9.62 Å². The summed E-state index contributed by atoms with van der Waals surface area (Å²) >= 11 is 0. The van der Waals surface area contributed by atoms with E-state index in [0.29, 0.717) is 11.1 Å². The number of carboxylic acid groups (broad SMARTS) is 1. The number of aliphatic hydroxyl groups excluding tert-OH is 1. The van der Waals surface area contributed by atoms with Gasteiger partial charge >= 0.3 is 5.97 Å². The third-order valence-electron chi connectivity index (χ3n) is 6.78. The molecular weight excluding hydrogens is 512 g/mol. The fourth-order valence-corrected chi connectivity index (χ4v) is 5.89. The van der Waals surface area contributed by atoms with Gasteiger partial charge in [0.15, 0.2) is 0 Å². The molecule has 3 N–H and O–H groups in total. The molecule has 0 amide bonds. The minimum absolute atomic E-state index is 0.0679. The Morgan fingerprint density at radius 3 is 2.26 bits per heavy atom. The molecule has 0 spiro atoms. The van der Waals surface area contributed by atoms with Gasteiger partial charge in [0.2, 0.25) is 10.0 Å². The molecule has 0 aromatic heterocycles. The van der Waals surface area contributed by atoms with Gasteiger partial charge in [-0.05, 0) is 65.9 Å². The maximum absolute atomic E-state index is 13.1. The highest BCUT2D eigenvalue weighted by molar-refractivity contribution is 7.89. The van der Waals surface area contributed by atoms with Gasteiger partial charge < -0.3 is 15.5 Å². The number of aromatic carboxylic acids is 1. The zero-order valence-corrected chi connectivity index (χ0v) is 23.2. The van der Waals surface area contributed by atoms with E-state index in [1.54, 1.807) is 30.3 Å². The van der Waals surface area contributed by atoms with E-state index >= 15 is 0 Å². The molecule has 0 heterocycles. The Balaban J connectivity index is 1.36. The first-order valence-corrected chi connectivity index (χ1v) is 14.2. The summed E-state index contributed by atoms with van der Waals surface area (Å²) in [5.74, 6) is -1.05. The predicted octanol–water partition coefficient (Wildman–Crippen LogP) is 4.80. The minimum atomic E-state index is -3.85. The van der Waals surface area contributed by atoms with Gasteiger partial charge in [-0.15, -0.1) is 0 Å². The maximum atomic E-state index is 13.1. The highest BCUT2D eigenvalue weighted by Gasteiger charge is 2.25. The number of nitrogens with one attached hydrogen (secondary N) is 1. The van der Waals surface area contributed by atoms with Gasteiger partial charge in [-0.2, -0.15) is 4.31 Å². The predicted molar refractivity (Wildman–Crippen MR) is 154 cm³/mol. The summed E-state index contributed by atoms with van der Waals surface area (Å²) in [6.45, 7) is 4.26. The van der Waals surface area contributed by atoms with Crippen LogP contribution in [0.1, 0.15) is 29.8 Å². The second-order valence-electron chi connectivity index (χ2n) is 10.4. The van der Waals surface area contributed by atoms with Crippen LogP contribution in [0.2, 0.25) is 0 Å². The van der Waals surface area contributed by atoms with Crippen molar-refractivity contribution in [1.29, 1.82) is 0 Å². The van der Waals surface area contributed by atoms with Gasteiger partial charge in [-0.3, -0.25) is 0 Å². The number of hydrogen-bond acceptors (Lipinski definition) is 5. The van der Waals surface area contributed by atoms with Crippen LogP contribution >= 0.6 is 0 Å². The van der Waals surface area contributed by atoms with E-state index in [-0.39, 0.29) is 29.1 Å². The number of sulfonamides is 1. The third-order valence-corrected chi connectivity index (χ3v) is 8.61. The summed E-state index contributed by atoms with van der Waals surface area (Å²) in [7, 11) is -2.42. The second-order valence-corrected chi connectivity index (χ2v) is 12.5. The lowest BCUT2D eigenvalue weighted by molar-refractivity contribution is 0.0697. The average molecular weight is 547 g/mol. The Morgan fingerprint density at radius 1 is 0.923 bits per heavy atom. The molecule has 0 bridgehead atoms. The molecule has 0 aliphatic rings. The van der Waals surface area contributed by atoms with Gasteiger partial charge in [0.1, 0.15) is 0 Å². The standard InChI is InChI=1S/C31H34N2O5S/c1-31(2,19-22-12-13-23-8-4-5-9-25(23)18-22)32-20-26(34)21-33(3)39(37,38)27-16-14-24(15-17-27)28-10-6-7-11-29(28)30(35)36/h4-18,26,32,34H,19-21H2,1-3H3,(H,35,36)/t26-/m1/s1. The highest BCUT2D eigenvalue weighted by Crippen LogP contribution is 2.26. The third kappa shape index (κ3) is 6.91. The molecule has 4 aromatic rings. The van der Waals surface area contributed by atoms with Crippen molar-refractivity contribution in [2.24, 2.45) is 0 Å². The number of likely N-dealkylation sites (N-methyl/N-ethyl adjacent to an activating group) is 1. The number of aliphatic hydroxyl groups is 1. The molecule has 0 unspecified atom stereocenters. The van der Waals surface area contributed by atoms with E-state index in [1.807, 2.05) is 12.1 Å². The number of β-amino-alcohol motifs (C(OH)–C–C–N with tert-alkyl or cyclic N) is 1. The van der Waals surface area contributed by atoms with Crippen LogP contribution in [-0.4, -0.2) is 60.7 Å². The van der Waals surface area contributed by atoms with Crippen molar-refractivity contribution < 1.29 is 23.4 Å². The Kier molecular flexibility index (Phi) is 8.51. The number of benzene rings is 4. The van der Waals surface area contributed by atoms with Crippen LogP contribution in [0, 0.1) is 0 Å². The Labute approximate surface area is 229 Å². The van der Waals surface area contributed by atoms with Crippen molar-refractivity contribution in [2.75, 3.05) is 20.1 Å². The van der Waals surface area contributed by atoms with E-state index in [4.69, 9.17) is 0 Å². The number of carbonyl (C=O) groups is 1. The molecule has 39 heavy (non-hydrogen) atoms. The molecule has 0 aliphatic heterocycles. The number of fused-ring (bicyclic) bond motifs is 1. The van der Waals surface area contributed by atoms with Crippen LogP contribution in [-0.2, 0) is 16.4 Å². The van der Waals surface area contributed by atoms with Crippen LogP contribution in [0.5, 0.6) is 0 Å². The molecular formula is C31H34N2O5S. The molecule has 0 saturated carbocycles. The molecule has 204 valence electrons. The van der Waals surface area contributed by atoms with Crippen molar-refractivity contribution in [3.8, 4) is 11.1 Å². The number of hydrogen-bond donors (Lipinski definition) is 3. The largest absolute Gasteiger partial charge is 0.478 e. The molecule has 0 saturated heterocycles. The summed E-state index contributed by atoms with van der Waals surface area (Å²) in [6, 6.07) is 27.2. The zero-order valence-electron chi connectivity index (χ0n) is 22.3. The SMILES string of the molecule is CN(C[C@H](O)CNC(C)(C)Cc1ccc2ccccc2c1)S(=O)(=O)c1ccc(-c2ccccc2C(=O)O)cc1. The van der Waals surface area contributed by atoms with Crippen LogP contribution in [0.25, 0.3) is 21.9 Å². The van der Waals surface area contributed by atoms with Crippen molar-refractivity contribution >= 4 is 26.8 Å². The molecule has 0 fully saturated rings. The molecule has 0 radical (unpaired) electrons. The smallest absolute Gasteiger partial charge is 0.336 e. The van der Waals surface area contributed by atoms with Crippen molar-refractivity contribution in [2.45, 2.75) is 36.8 Å². The van der Waals surface area contributed by atoms with E-state index in [2.05, 4.69) is 49.5 Å². The van der Waals surface area contributed by atoms with E-state index in [0.717, 1.165) is 10.7 Å². The summed E-state index contributed by atoms with van der Waals surface area (Å²) in [5, 5.41) is 25.8. The van der Waals surface area contributed by atoms with E-state index in [1.165, 1.54) is 41.6 Å². The average Bonchev–Trinajstić information content (AvgIpc) is 2.91. The van der Waals surface area contributed by atoms with Crippen molar-refractivity contribution in [3.63, 3.8) is 0 Å². The monoisotopic (exact) mass is 546 g/mol. The van der Waals surface area contributed by atoms with Gasteiger partial charge in [0, 0.05) is 25.7 Å². The summed E-state index contributed by atoms with van der Waals surface area (Å²) in [4.78, 5) is 11.6. The van der Waals surface area contributed by atoms with E-state index in [9.17, 15) is 23.4 Å². The highest BCUT2D eigenvalue weighted by atomic mass is 32.2. The number of carboxylic acids is 1. The fraction of sp³-hybridized carbons (Fsp3) is 0.258. The second kappa shape index (κ2) is 11.7. The molecule has 7 nitrogen and oxygen atoms in total. The number of nitrogens with zero attached hydrogens (tertiary/aromatic N) is 1. The summed E-state index contributed by atoms with van der Waals surface area (Å²) in [5.41, 5.74) is 2.12. The first-order valence-electron chi connectivity index (χ1n) is 12.8. The Bertz CT molecular complexity index is 1570. The lowest BCUT2D eigenvalue weighted by Crippen LogP contribution is -2.47. The van der Waals surface area contributed by atoms with Crippen LogP contribution < -0.4 is 5.32 Å². The topological polar surface area (TPSA) is 107 Å². The number of rotatable bonds is 11. The minimum Gasteiger partial charge on any atom is -0.478 e. The van der Waals surface area contributed by atoms with Gasteiger partial charge in [0.25, 0.3) is 0 Å². The van der Waals surface area contributed by atoms with Gasteiger partial charge in [-0.1, -0.05) is 72.8 Å². The Hall–Kier alpha value is -3.56. The molecule has 4 aromatic carbocycles. The van der Waals surface area contributed by atoms with E-state index < -0.39 is 22.1 Å². The lowest BCUT2D eigenvalue weighted by atomic mass is 9.93. The lowest BCUT2D eigenvalue weighted by Gasteiger charge is -2.29. The van der Waals surface area contributed by atoms with Gasteiger partial charge in [0.05, 0.1) is 16.6 Å². The normalized spacial score (nSPS) is 13.1. The maximum Gasteiger partial charge on any atom is 0.336 e. The first kappa shape index (κ1) is 28.4. The van der Waals surface area contributed by atoms with Crippen LogP contribution in [0.3, 0.4) is 0 Å². The zero-order chi connectivity index (χ0) is 28.2. The van der Waals surface area contributed by atoms with Crippen LogP contribution in [0.4, 0.5) is 0 Å². The summed E-state index contributed by atoms with van der Waals surface area (Å²) in [6.07, 6.45) is -0.168. The molecule has 4 rings (SSSR count). The summed E-state index contributed by atoms with van der Waals surface area (Å²) < 4.78 is 27.4. The van der Waals surface area contributed by atoms with Crippen molar-refractivity contribution in [3.05, 3.63) is 102 Å².